The van der Waals surface area contributed by atoms with Gasteiger partial charge < -0.3 is 9.88 Å². The van der Waals surface area contributed by atoms with Gasteiger partial charge in [0.25, 0.3) is 5.91 Å². The third-order valence-corrected chi connectivity index (χ3v) is 3.76. The Morgan fingerprint density at radius 3 is 2.59 bits per heavy atom. The lowest BCUT2D eigenvalue weighted by atomic mass is 10.1. The van der Waals surface area contributed by atoms with Gasteiger partial charge in [-0.1, -0.05) is 20.8 Å². The Balaban J connectivity index is 2.14. The van der Waals surface area contributed by atoms with Crippen LogP contribution in [0.4, 0.5) is 0 Å². The van der Waals surface area contributed by atoms with E-state index in [0.717, 1.165) is 29.5 Å². The van der Waals surface area contributed by atoms with Crippen LogP contribution in [0.3, 0.4) is 0 Å². The van der Waals surface area contributed by atoms with Gasteiger partial charge in [0.2, 0.25) is 0 Å². The molecular formula is C16H23N5O. The molecule has 6 nitrogen and oxygen atoms in total. The van der Waals surface area contributed by atoms with Crippen molar-refractivity contribution in [3.63, 3.8) is 0 Å². The summed E-state index contributed by atoms with van der Waals surface area (Å²) in [5.41, 5.74) is 2.47. The second-order valence-electron chi connectivity index (χ2n) is 5.64. The zero-order valence-corrected chi connectivity index (χ0v) is 13.8. The van der Waals surface area contributed by atoms with Crippen LogP contribution in [0.5, 0.6) is 0 Å². The van der Waals surface area contributed by atoms with Crippen molar-refractivity contribution >= 4 is 5.91 Å². The van der Waals surface area contributed by atoms with E-state index in [-0.39, 0.29) is 5.91 Å². The molecule has 22 heavy (non-hydrogen) atoms. The summed E-state index contributed by atoms with van der Waals surface area (Å²) in [7, 11) is 1.88. The third kappa shape index (κ3) is 3.32. The van der Waals surface area contributed by atoms with Crippen LogP contribution in [-0.2, 0) is 20.0 Å². The Labute approximate surface area is 131 Å². The van der Waals surface area contributed by atoms with Crippen LogP contribution in [-0.4, -0.2) is 25.7 Å². The summed E-state index contributed by atoms with van der Waals surface area (Å²) in [6, 6.07) is 3.78. The molecule has 0 spiro atoms. The van der Waals surface area contributed by atoms with E-state index in [4.69, 9.17) is 0 Å². The molecular weight excluding hydrogens is 278 g/mol. The minimum Gasteiger partial charge on any atom is -0.345 e. The second kappa shape index (κ2) is 6.68. The maximum atomic E-state index is 12.4. The van der Waals surface area contributed by atoms with Crippen LogP contribution < -0.4 is 5.32 Å². The van der Waals surface area contributed by atoms with E-state index >= 15 is 0 Å². The molecule has 0 saturated carbocycles. The summed E-state index contributed by atoms with van der Waals surface area (Å²) in [5.74, 6) is 1.78. The van der Waals surface area contributed by atoms with E-state index in [1.54, 1.807) is 0 Å². The second-order valence-corrected chi connectivity index (χ2v) is 5.64. The van der Waals surface area contributed by atoms with E-state index in [0.29, 0.717) is 18.0 Å². The molecule has 0 aliphatic heterocycles. The molecule has 2 rings (SSSR count). The molecule has 2 heterocycles. The van der Waals surface area contributed by atoms with Crippen LogP contribution >= 0.6 is 0 Å². The van der Waals surface area contributed by atoms with Gasteiger partial charge >= 0.3 is 0 Å². The van der Waals surface area contributed by atoms with E-state index in [9.17, 15) is 4.79 Å². The molecule has 0 bridgehead atoms. The summed E-state index contributed by atoms with van der Waals surface area (Å²) < 4.78 is 1.86. The lowest BCUT2D eigenvalue weighted by molar-refractivity contribution is 0.0948. The first kappa shape index (κ1) is 16.1. The number of pyridine rings is 1. The molecule has 0 atom stereocenters. The van der Waals surface area contributed by atoms with Crippen LogP contribution in [0.25, 0.3) is 0 Å². The van der Waals surface area contributed by atoms with E-state index in [2.05, 4.69) is 34.3 Å². The number of nitrogens with one attached hydrogen (secondary N) is 1. The number of aryl methyl sites for hydroxylation is 2. The first-order valence-corrected chi connectivity index (χ1v) is 7.56. The third-order valence-electron chi connectivity index (χ3n) is 3.76. The fourth-order valence-corrected chi connectivity index (χ4v) is 2.18. The Morgan fingerprint density at radius 2 is 2.05 bits per heavy atom. The Kier molecular flexibility index (Phi) is 4.90. The maximum absolute atomic E-state index is 12.4. The van der Waals surface area contributed by atoms with Crippen LogP contribution in [0.1, 0.15) is 60.1 Å². The minimum atomic E-state index is -0.125. The number of carbonyl (C=O) groups is 1. The average Bonchev–Trinajstić information content (AvgIpc) is 2.83. The fraction of sp³-hybridized carbons (Fsp3) is 0.500. The molecule has 0 fully saturated rings. The number of aromatic nitrogens is 4. The first-order valence-electron chi connectivity index (χ1n) is 7.56. The van der Waals surface area contributed by atoms with Gasteiger partial charge in [-0.3, -0.25) is 9.78 Å². The minimum absolute atomic E-state index is 0.125. The lowest BCUT2D eigenvalue weighted by Gasteiger charge is -2.11. The molecule has 0 aliphatic carbocycles. The monoisotopic (exact) mass is 301 g/mol. The van der Waals surface area contributed by atoms with Crippen molar-refractivity contribution in [2.75, 3.05) is 0 Å². The highest BCUT2D eigenvalue weighted by atomic mass is 16.1. The lowest BCUT2D eigenvalue weighted by Crippen LogP contribution is -2.26. The van der Waals surface area contributed by atoms with Crippen molar-refractivity contribution in [2.45, 2.75) is 46.6 Å². The SMILES string of the molecule is CCc1nc(C(C)C)ccc1C(=O)NCc1nnc(C)n1C. The Bertz CT molecular complexity index is 675. The van der Waals surface area contributed by atoms with Crippen LogP contribution in [0.15, 0.2) is 12.1 Å². The first-order chi connectivity index (χ1) is 10.4. The average molecular weight is 301 g/mol. The van der Waals surface area contributed by atoms with Gasteiger partial charge in [-0.05, 0) is 31.4 Å². The topological polar surface area (TPSA) is 72.7 Å². The normalized spacial score (nSPS) is 11.0. The zero-order chi connectivity index (χ0) is 16.3. The highest BCUT2D eigenvalue weighted by Crippen LogP contribution is 2.15. The standard InChI is InChI=1S/C16H23N5O/c1-6-13-12(7-8-14(18-13)10(2)3)16(22)17-9-15-20-19-11(4)21(15)5/h7-8,10H,6,9H2,1-5H3,(H,17,22). The molecule has 0 radical (unpaired) electrons. The summed E-state index contributed by atoms with van der Waals surface area (Å²) in [5, 5.41) is 10.9. The molecule has 2 aromatic heterocycles. The van der Waals surface area contributed by atoms with Crippen molar-refractivity contribution in [1.29, 1.82) is 0 Å². The number of nitrogens with zero attached hydrogens (tertiary/aromatic N) is 4. The quantitative estimate of drug-likeness (QED) is 0.918. The Morgan fingerprint density at radius 1 is 1.32 bits per heavy atom. The van der Waals surface area contributed by atoms with Gasteiger partial charge in [-0.15, -0.1) is 10.2 Å². The van der Waals surface area contributed by atoms with Crippen molar-refractivity contribution in [1.82, 2.24) is 25.1 Å². The predicted octanol–water partition coefficient (Wildman–Crippen LogP) is 2.13. The molecule has 1 amide bonds. The largest absolute Gasteiger partial charge is 0.345 e. The van der Waals surface area contributed by atoms with Crippen molar-refractivity contribution in [3.8, 4) is 0 Å². The van der Waals surface area contributed by atoms with Gasteiger partial charge in [0.15, 0.2) is 5.82 Å². The van der Waals surface area contributed by atoms with Gasteiger partial charge in [0.1, 0.15) is 5.82 Å². The van der Waals surface area contributed by atoms with Crippen molar-refractivity contribution in [3.05, 3.63) is 40.7 Å². The maximum Gasteiger partial charge on any atom is 0.253 e. The molecule has 0 aromatic carbocycles. The van der Waals surface area contributed by atoms with Crippen LogP contribution in [0.2, 0.25) is 0 Å². The smallest absolute Gasteiger partial charge is 0.253 e. The fourth-order valence-electron chi connectivity index (χ4n) is 2.18. The summed E-state index contributed by atoms with van der Waals surface area (Å²) in [6.07, 6.45) is 0.729. The van der Waals surface area contributed by atoms with E-state index in [1.807, 2.05) is 37.6 Å². The number of rotatable bonds is 5. The molecule has 0 saturated heterocycles. The summed E-state index contributed by atoms with van der Waals surface area (Å²) in [4.78, 5) is 17.0. The van der Waals surface area contributed by atoms with Gasteiger partial charge in [0.05, 0.1) is 17.8 Å². The number of carbonyl (C=O) groups excluding carboxylic acids is 1. The molecule has 0 aliphatic rings. The van der Waals surface area contributed by atoms with E-state index < -0.39 is 0 Å². The zero-order valence-electron chi connectivity index (χ0n) is 13.8. The molecule has 1 N–H and O–H groups in total. The predicted molar refractivity (Wildman–Crippen MR) is 84.6 cm³/mol. The number of hydrogen-bond acceptors (Lipinski definition) is 4. The highest BCUT2D eigenvalue weighted by molar-refractivity contribution is 5.95. The van der Waals surface area contributed by atoms with Gasteiger partial charge in [0, 0.05) is 12.7 Å². The number of amides is 1. The van der Waals surface area contributed by atoms with Gasteiger partial charge in [-0.25, -0.2) is 0 Å². The number of hydrogen-bond donors (Lipinski definition) is 1. The van der Waals surface area contributed by atoms with E-state index in [1.165, 1.54) is 0 Å². The summed E-state index contributed by atoms with van der Waals surface area (Å²) in [6.45, 7) is 8.43. The molecule has 6 heteroatoms. The molecule has 2 aromatic rings. The van der Waals surface area contributed by atoms with Crippen molar-refractivity contribution in [2.24, 2.45) is 7.05 Å². The molecule has 118 valence electrons. The van der Waals surface area contributed by atoms with Gasteiger partial charge in [-0.2, -0.15) is 0 Å². The highest BCUT2D eigenvalue weighted by Gasteiger charge is 2.14. The van der Waals surface area contributed by atoms with Crippen molar-refractivity contribution < 1.29 is 4.79 Å². The summed E-state index contributed by atoms with van der Waals surface area (Å²) >= 11 is 0. The van der Waals surface area contributed by atoms with Crippen LogP contribution in [0, 0.1) is 6.92 Å². The Hall–Kier alpha value is -2.24. The molecule has 0 unspecified atom stereocenters.